The lowest BCUT2D eigenvalue weighted by Crippen LogP contribution is -2.62. The molecule has 6 rings (SSSR count). The molecule has 3 aromatic carbocycles. The van der Waals surface area contributed by atoms with Gasteiger partial charge in [-0.05, 0) is 41.8 Å². The summed E-state index contributed by atoms with van der Waals surface area (Å²) in [5, 5.41) is 1.10. The molecule has 1 fully saturated rings. The van der Waals surface area contributed by atoms with Gasteiger partial charge in [-0.25, -0.2) is 0 Å². The van der Waals surface area contributed by atoms with Crippen LogP contribution < -0.4 is 9.47 Å². The number of aryl methyl sites for hydroxylation is 1. The van der Waals surface area contributed by atoms with E-state index in [1.54, 1.807) is 24.0 Å². The van der Waals surface area contributed by atoms with Crippen molar-refractivity contribution in [2.75, 3.05) is 20.8 Å². The third-order valence-corrected chi connectivity index (χ3v) is 7.56. The molecule has 0 radical (unpaired) electrons. The minimum atomic E-state index is -0.570. The summed E-state index contributed by atoms with van der Waals surface area (Å²) in [5.41, 5.74) is 6.15. The lowest BCUT2D eigenvalue weighted by molar-refractivity contribution is -0.159. The fourth-order valence-electron chi connectivity index (χ4n) is 5.75. The smallest absolute Gasteiger partial charge is 0.246 e. The van der Waals surface area contributed by atoms with Crippen LogP contribution >= 0.6 is 0 Å². The molecule has 1 saturated heterocycles. The van der Waals surface area contributed by atoms with Gasteiger partial charge >= 0.3 is 0 Å². The van der Waals surface area contributed by atoms with Gasteiger partial charge in [-0.15, -0.1) is 0 Å². The fraction of sp³-hybridized carbons (Fsp3) is 0.267. The van der Waals surface area contributed by atoms with Crippen LogP contribution in [-0.2, 0) is 22.6 Å². The van der Waals surface area contributed by atoms with Gasteiger partial charge in [-0.2, -0.15) is 0 Å². The van der Waals surface area contributed by atoms with Crippen molar-refractivity contribution in [3.8, 4) is 11.5 Å². The SMILES string of the molecule is COc1ccc(CN2CC(=O)N3[C@H](c4ccc(C)cc4)c4[nH]c5ccccc5c4C[C@H]3C2=O)cc1OC. The first-order chi connectivity index (χ1) is 18.0. The second-order valence-electron chi connectivity index (χ2n) is 9.78. The third kappa shape index (κ3) is 3.82. The molecule has 0 unspecified atom stereocenters. The van der Waals surface area contributed by atoms with Crippen LogP contribution in [0.15, 0.2) is 66.7 Å². The van der Waals surface area contributed by atoms with E-state index >= 15 is 0 Å². The number of ether oxygens (including phenoxy) is 2. The summed E-state index contributed by atoms with van der Waals surface area (Å²) in [6.45, 7) is 2.40. The summed E-state index contributed by atoms with van der Waals surface area (Å²) in [6, 6.07) is 21.0. The number of hydrogen-bond acceptors (Lipinski definition) is 4. The van der Waals surface area contributed by atoms with E-state index in [2.05, 4.69) is 35.3 Å². The average Bonchev–Trinajstić information content (AvgIpc) is 3.29. The Labute approximate surface area is 215 Å². The normalized spacial score (nSPS) is 19.1. The molecule has 1 N–H and O–H groups in total. The van der Waals surface area contributed by atoms with E-state index in [4.69, 9.17) is 9.47 Å². The predicted octanol–water partition coefficient (Wildman–Crippen LogP) is 4.38. The third-order valence-electron chi connectivity index (χ3n) is 7.56. The van der Waals surface area contributed by atoms with Gasteiger partial charge in [-0.3, -0.25) is 9.59 Å². The average molecular weight is 496 g/mol. The number of aromatic amines is 1. The number of para-hydroxylation sites is 1. The van der Waals surface area contributed by atoms with Crippen molar-refractivity contribution < 1.29 is 19.1 Å². The molecule has 1 aromatic heterocycles. The zero-order chi connectivity index (χ0) is 25.7. The van der Waals surface area contributed by atoms with Crippen molar-refractivity contribution in [1.82, 2.24) is 14.8 Å². The second-order valence-corrected chi connectivity index (χ2v) is 9.78. The first-order valence-electron chi connectivity index (χ1n) is 12.5. The standard InChI is InChI=1S/C30H29N3O4/c1-18-8-11-20(12-9-18)29-28-22(21-6-4-5-7-23(21)31-28)15-24-30(35)32(17-27(34)33(24)29)16-19-10-13-25(36-2)26(14-19)37-3/h4-14,24,29,31H,15-17H2,1-3H3/t24-,29+/m0/s1. The number of carbonyl (C=O) groups excluding carboxylic acids is 2. The van der Waals surface area contributed by atoms with Gasteiger partial charge in [0.15, 0.2) is 11.5 Å². The lowest BCUT2D eigenvalue weighted by Gasteiger charge is -2.47. The molecule has 0 spiro atoms. The molecule has 37 heavy (non-hydrogen) atoms. The maximum atomic E-state index is 14.0. The van der Waals surface area contributed by atoms with Gasteiger partial charge < -0.3 is 24.3 Å². The van der Waals surface area contributed by atoms with Crippen LogP contribution in [0.4, 0.5) is 0 Å². The van der Waals surface area contributed by atoms with E-state index in [-0.39, 0.29) is 24.4 Å². The molecular weight excluding hydrogens is 466 g/mol. The number of hydrogen-bond donors (Lipinski definition) is 1. The number of fused-ring (bicyclic) bond motifs is 4. The Bertz CT molecular complexity index is 1510. The van der Waals surface area contributed by atoms with Crippen molar-refractivity contribution >= 4 is 22.7 Å². The molecule has 0 bridgehead atoms. The second kappa shape index (κ2) is 9.00. The highest BCUT2D eigenvalue weighted by Crippen LogP contribution is 2.42. The van der Waals surface area contributed by atoms with Crippen molar-refractivity contribution in [2.24, 2.45) is 0 Å². The number of piperazine rings is 1. The summed E-state index contributed by atoms with van der Waals surface area (Å²) in [7, 11) is 3.17. The Hall–Kier alpha value is -4.26. The van der Waals surface area contributed by atoms with Crippen LogP contribution in [0.2, 0.25) is 0 Å². The number of nitrogens with zero attached hydrogens (tertiary/aromatic N) is 2. The van der Waals surface area contributed by atoms with E-state index < -0.39 is 6.04 Å². The molecule has 7 nitrogen and oxygen atoms in total. The highest BCUT2D eigenvalue weighted by atomic mass is 16.5. The van der Waals surface area contributed by atoms with Crippen molar-refractivity contribution in [3.63, 3.8) is 0 Å². The number of rotatable bonds is 5. The Kier molecular flexibility index (Phi) is 5.63. The topological polar surface area (TPSA) is 74.9 Å². The van der Waals surface area contributed by atoms with Crippen molar-refractivity contribution in [1.29, 1.82) is 0 Å². The summed E-state index contributed by atoms with van der Waals surface area (Å²) < 4.78 is 10.8. The first kappa shape index (κ1) is 23.2. The minimum absolute atomic E-state index is 0.0294. The molecule has 4 aromatic rings. The van der Waals surface area contributed by atoms with Gasteiger partial charge in [0.05, 0.1) is 20.3 Å². The Balaban J connectivity index is 1.40. The Morgan fingerprint density at radius 2 is 1.70 bits per heavy atom. The largest absolute Gasteiger partial charge is 0.493 e. The van der Waals surface area contributed by atoms with Crippen molar-refractivity contribution in [2.45, 2.75) is 32.0 Å². The van der Waals surface area contributed by atoms with Gasteiger partial charge in [0.2, 0.25) is 11.8 Å². The number of carbonyl (C=O) groups is 2. The molecule has 0 saturated carbocycles. The highest BCUT2D eigenvalue weighted by Gasteiger charge is 2.48. The number of aromatic nitrogens is 1. The molecule has 2 aliphatic rings. The molecule has 0 aliphatic carbocycles. The maximum absolute atomic E-state index is 14.0. The first-order valence-corrected chi connectivity index (χ1v) is 12.5. The molecular formula is C30H29N3O4. The monoisotopic (exact) mass is 495 g/mol. The van der Waals surface area contributed by atoms with E-state index in [1.807, 2.05) is 43.3 Å². The number of benzene rings is 3. The number of amides is 2. The molecule has 2 atom stereocenters. The van der Waals surface area contributed by atoms with Gasteiger partial charge in [-0.1, -0.05) is 54.1 Å². The van der Waals surface area contributed by atoms with Crippen LogP contribution in [0.1, 0.15) is 34.0 Å². The Morgan fingerprint density at radius 1 is 0.946 bits per heavy atom. The molecule has 2 aliphatic heterocycles. The molecule has 7 heteroatoms. The zero-order valence-corrected chi connectivity index (χ0v) is 21.2. The number of nitrogens with one attached hydrogen (secondary N) is 1. The van der Waals surface area contributed by atoms with Gasteiger partial charge in [0, 0.05) is 29.6 Å². The fourth-order valence-corrected chi connectivity index (χ4v) is 5.75. The summed E-state index contributed by atoms with van der Waals surface area (Å²) in [6.07, 6.45) is 0.481. The van der Waals surface area contributed by atoms with Crippen LogP contribution in [0.3, 0.4) is 0 Å². The van der Waals surface area contributed by atoms with Crippen molar-refractivity contribution in [3.05, 3.63) is 94.7 Å². The van der Waals surface area contributed by atoms with Crippen LogP contribution in [0, 0.1) is 6.92 Å². The van der Waals surface area contributed by atoms with Crippen LogP contribution in [0.5, 0.6) is 11.5 Å². The van der Waals surface area contributed by atoms with E-state index in [1.165, 1.54) is 0 Å². The highest BCUT2D eigenvalue weighted by molar-refractivity contribution is 5.97. The number of H-pyrrole nitrogens is 1. The summed E-state index contributed by atoms with van der Waals surface area (Å²) in [4.78, 5) is 34.7. The molecule has 188 valence electrons. The Morgan fingerprint density at radius 3 is 2.46 bits per heavy atom. The summed E-state index contributed by atoms with van der Waals surface area (Å²) >= 11 is 0. The quantitative estimate of drug-likeness (QED) is 0.446. The van der Waals surface area contributed by atoms with Crippen LogP contribution in [0.25, 0.3) is 10.9 Å². The van der Waals surface area contributed by atoms with Gasteiger partial charge in [0.25, 0.3) is 0 Å². The maximum Gasteiger partial charge on any atom is 0.246 e. The van der Waals surface area contributed by atoms with E-state index in [0.29, 0.717) is 24.5 Å². The van der Waals surface area contributed by atoms with E-state index in [0.717, 1.165) is 38.9 Å². The summed E-state index contributed by atoms with van der Waals surface area (Å²) in [5.74, 6) is 1.12. The predicted molar refractivity (Wildman–Crippen MR) is 141 cm³/mol. The lowest BCUT2D eigenvalue weighted by atomic mass is 9.86. The van der Waals surface area contributed by atoms with Gasteiger partial charge in [0.1, 0.15) is 12.6 Å². The zero-order valence-electron chi connectivity index (χ0n) is 21.2. The number of methoxy groups -OCH3 is 2. The molecule has 2 amide bonds. The minimum Gasteiger partial charge on any atom is -0.493 e. The van der Waals surface area contributed by atoms with Crippen LogP contribution in [-0.4, -0.2) is 53.4 Å². The molecule has 3 heterocycles. The van der Waals surface area contributed by atoms with E-state index in [9.17, 15) is 9.59 Å².